The van der Waals surface area contributed by atoms with E-state index in [9.17, 15) is 0 Å². The van der Waals surface area contributed by atoms with Crippen molar-refractivity contribution in [3.8, 4) is 0 Å². The lowest BCUT2D eigenvalue weighted by atomic mass is 9.96. The molecule has 0 heterocycles. The predicted molar refractivity (Wildman–Crippen MR) is 55.2 cm³/mol. The van der Waals surface area contributed by atoms with Crippen LogP contribution in [0.25, 0.3) is 0 Å². The van der Waals surface area contributed by atoms with Crippen molar-refractivity contribution >= 4 is 0 Å². The van der Waals surface area contributed by atoms with Gasteiger partial charge in [-0.1, -0.05) is 44.8 Å². The highest BCUT2D eigenvalue weighted by atomic mass is 14.2. The summed E-state index contributed by atoms with van der Waals surface area (Å²) in [4.78, 5) is 0. The highest BCUT2D eigenvalue weighted by molar-refractivity contribution is 5.05. The second-order valence-electron chi connectivity index (χ2n) is 4.10. The predicted octanol–water partition coefficient (Wildman–Crippen LogP) is 4.31. The maximum absolute atomic E-state index is 4.13. The minimum atomic E-state index is 0.891. The van der Waals surface area contributed by atoms with Crippen molar-refractivity contribution in [3.63, 3.8) is 0 Å². The lowest BCUT2D eigenvalue weighted by molar-refractivity contribution is 0.519. The van der Waals surface area contributed by atoms with E-state index in [2.05, 4.69) is 13.5 Å². The monoisotopic (exact) mass is 166 g/mol. The second-order valence-corrected chi connectivity index (χ2v) is 4.10. The third-order valence-electron chi connectivity index (χ3n) is 3.03. The van der Waals surface area contributed by atoms with Gasteiger partial charge in [-0.15, -0.1) is 0 Å². The number of unbranched alkanes of at least 4 members (excludes halogenated alkanes) is 3. The van der Waals surface area contributed by atoms with Crippen LogP contribution in [0.3, 0.4) is 0 Å². The first-order chi connectivity index (χ1) is 5.84. The fourth-order valence-corrected chi connectivity index (χ4v) is 2.15. The zero-order valence-corrected chi connectivity index (χ0v) is 8.44. The fraction of sp³-hybridized carbons (Fsp3) is 0.833. The molecule has 0 aromatic carbocycles. The van der Waals surface area contributed by atoms with E-state index in [1.807, 2.05) is 0 Å². The standard InChI is InChI=1S/C12H22/c1-3-4-5-6-9-12-10-7-8-11(12)2/h12H,2-10H2,1H3/t12-/m0/s1. The Hall–Kier alpha value is -0.260. The molecule has 0 nitrogen and oxygen atoms in total. The lowest BCUT2D eigenvalue weighted by Gasteiger charge is -2.09. The Morgan fingerprint density at radius 2 is 2.17 bits per heavy atom. The van der Waals surface area contributed by atoms with Gasteiger partial charge < -0.3 is 0 Å². The van der Waals surface area contributed by atoms with Gasteiger partial charge in [0.1, 0.15) is 0 Å². The molecule has 0 aromatic rings. The fourth-order valence-electron chi connectivity index (χ4n) is 2.15. The minimum Gasteiger partial charge on any atom is -0.0996 e. The van der Waals surface area contributed by atoms with Gasteiger partial charge in [-0.3, -0.25) is 0 Å². The molecule has 1 aliphatic carbocycles. The molecular formula is C12H22. The maximum Gasteiger partial charge on any atom is -0.0206 e. The van der Waals surface area contributed by atoms with Crippen LogP contribution in [-0.4, -0.2) is 0 Å². The minimum absolute atomic E-state index is 0.891. The summed E-state index contributed by atoms with van der Waals surface area (Å²) in [6.45, 7) is 6.41. The summed E-state index contributed by atoms with van der Waals surface area (Å²) in [6, 6.07) is 0. The summed E-state index contributed by atoms with van der Waals surface area (Å²) >= 11 is 0. The molecule has 1 rings (SSSR count). The van der Waals surface area contributed by atoms with Crippen molar-refractivity contribution in [2.75, 3.05) is 0 Å². The van der Waals surface area contributed by atoms with E-state index in [-0.39, 0.29) is 0 Å². The Balaban J connectivity index is 2.02. The van der Waals surface area contributed by atoms with Crippen LogP contribution in [0.5, 0.6) is 0 Å². The summed E-state index contributed by atoms with van der Waals surface area (Å²) in [5, 5.41) is 0. The van der Waals surface area contributed by atoms with Crippen molar-refractivity contribution in [1.29, 1.82) is 0 Å². The first kappa shape index (κ1) is 9.83. The summed E-state index contributed by atoms with van der Waals surface area (Å²) in [5.41, 5.74) is 1.53. The first-order valence-corrected chi connectivity index (χ1v) is 5.52. The molecule has 70 valence electrons. The van der Waals surface area contributed by atoms with E-state index in [1.54, 1.807) is 0 Å². The van der Waals surface area contributed by atoms with Crippen LogP contribution < -0.4 is 0 Å². The Bertz CT molecular complexity index is 135. The van der Waals surface area contributed by atoms with Crippen LogP contribution in [-0.2, 0) is 0 Å². The molecule has 0 heteroatoms. The van der Waals surface area contributed by atoms with Crippen LogP contribution >= 0.6 is 0 Å². The molecule has 1 atom stereocenters. The average molecular weight is 166 g/mol. The highest BCUT2D eigenvalue weighted by Gasteiger charge is 2.17. The molecule has 0 radical (unpaired) electrons. The van der Waals surface area contributed by atoms with Gasteiger partial charge in [-0.05, 0) is 31.6 Å². The molecule has 1 aliphatic rings. The van der Waals surface area contributed by atoms with Crippen molar-refractivity contribution in [3.05, 3.63) is 12.2 Å². The van der Waals surface area contributed by atoms with E-state index in [0.29, 0.717) is 0 Å². The Morgan fingerprint density at radius 3 is 2.75 bits per heavy atom. The van der Waals surface area contributed by atoms with Crippen LogP contribution in [0.1, 0.15) is 58.3 Å². The molecule has 0 bridgehead atoms. The molecule has 0 aromatic heterocycles. The van der Waals surface area contributed by atoms with Gasteiger partial charge in [0.05, 0.1) is 0 Å². The maximum atomic E-state index is 4.13. The van der Waals surface area contributed by atoms with E-state index < -0.39 is 0 Å². The summed E-state index contributed by atoms with van der Waals surface area (Å²) in [6.07, 6.45) is 11.2. The van der Waals surface area contributed by atoms with Gasteiger partial charge in [0, 0.05) is 0 Å². The van der Waals surface area contributed by atoms with Crippen molar-refractivity contribution in [2.24, 2.45) is 5.92 Å². The van der Waals surface area contributed by atoms with Gasteiger partial charge >= 0.3 is 0 Å². The largest absolute Gasteiger partial charge is 0.0996 e. The molecule has 12 heavy (non-hydrogen) atoms. The van der Waals surface area contributed by atoms with Crippen LogP contribution in [0.15, 0.2) is 12.2 Å². The molecule has 0 aliphatic heterocycles. The van der Waals surface area contributed by atoms with E-state index in [0.717, 1.165) is 5.92 Å². The SMILES string of the molecule is C=C1CCC[C@@H]1CCCCCC. The van der Waals surface area contributed by atoms with Gasteiger partial charge in [0.15, 0.2) is 0 Å². The number of rotatable bonds is 5. The van der Waals surface area contributed by atoms with Crippen LogP contribution in [0, 0.1) is 5.92 Å². The molecule has 0 N–H and O–H groups in total. The topological polar surface area (TPSA) is 0 Å². The van der Waals surface area contributed by atoms with Crippen molar-refractivity contribution < 1.29 is 0 Å². The second kappa shape index (κ2) is 5.40. The van der Waals surface area contributed by atoms with E-state index in [4.69, 9.17) is 0 Å². The lowest BCUT2D eigenvalue weighted by Crippen LogP contribution is -1.95. The van der Waals surface area contributed by atoms with Gasteiger partial charge in [-0.2, -0.15) is 0 Å². The van der Waals surface area contributed by atoms with Crippen molar-refractivity contribution in [2.45, 2.75) is 58.3 Å². The molecule has 0 amide bonds. The average Bonchev–Trinajstić information content (AvgIpc) is 2.46. The number of hydrogen-bond acceptors (Lipinski definition) is 0. The Morgan fingerprint density at radius 1 is 1.33 bits per heavy atom. The van der Waals surface area contributed by atoms with Crippen molar-refractivity contribution in [1.82, 2.24) is 0 Å². The molecule has 0 unspecified atom stereocenters. The highest BCUT2D eigenvalue weighted by Crippen LogP contribution is 2.33. The van der Waals surface area contributed by atoms with Gasteiger partial charge in [-0.25, -0.2) is 0 Å². The van der Waals surface area contributed by atoms with Crippen LogP contribution in [0.4, 0.5) is 0 Å². The first-order valence-electron chi connectivity index (χ1n) is 5.52. The van der Waals surface area contributed by atoms with Crippen LogP contribution in [0.2, 0.25) is 0 Å². The van der Waals surface area contributed by atoms with E-state index in [1.165, 1.54) is 56.9 Å². The Labute approximate surface area is 77.1 Å². The summed E-state index contributed by atoms with van der Waals surface area (Å²) in [7, 11) is 0. The molecule has 0 saturated heterocycles. The summed E-state index contributed by atoms with van der Waals surface area (Å²) < 4.78 is 0. The zero-order chi connectivity index (χ0) is 8.81. The van der Waals surface area contributed by atoms with Gasteiger partial charge in [0.25, 0.3) is 0 Å². The number of allylic oxidation sites excluding steroid dienone is 1. The quantitative estimate of drug-likeness (QED) is 0.421. The smallest absolute Gasteiger partial charge is 0.0206 e. The normalized spacial score (nSPS) is 23.4. The molecular weight excluding hydrogens is 144 g/mol. The Kier molecular flexibility index (Phi) is 4.42. The third kappa shape index (κ3) is 3.00. The number of hydrogen-bond donors (Lipinski definition) is 0. The molecule has 1 saturated carbocycles. The zero-order valence-electron chi connectivity index (χ0n) is 8.44. The van der Waals surface area contributed by atoms with E-state index >= 15 is 0 Å². The summed E-state index contributed by atoms with van der Waals surface area (Å²) in [5.74, 6) is 0.891. The molecule has 0 spiro atoms. The van der Waals surface area contributed by atoms with Gasteiger partial charge in [0.2, 0.25) is 0 Å². The third-order valence-corrected chi connectivity index (χ3v) is 3.03. The molecule has 1 fully saturated rings.